The van der Waals surface area contributed by atoms with Gasteiger partial charge < -0.3 is 33.8 Å². The molecular formula is C67H130O17P2. The molecule has 0 saturated carbocycles. The molecule has 0 aromatic carbocycles. The van der Waals surface area contributed by atoms with E-state index in [4.69, 9.17) is 37.0 Å². The van der Waals surface area contributed by atoms with Crippen molar-refractivity contribution < 1.29 is 80.2 Å². The highest BCUT2D eigenvalue weighted by Gasteiger charge is 2.30. The summed E-state index contributed by atoms with van der Waals surface area (Å²) < 4.78 is 68.1. The number of esters is 4. The minimum absolute atomic E-state index is 0.103. The van der Waals surface area contributed by atoms with E-state index in [1.807, 2.05) is 0 Å². The molecule has 0 saturated heterocycles. The first kappa shape index (κ1) is 84.1. The monoisotopic (exact) mass is 1270 g/mol. The van der Waals surface area contributed by atoms with Crippen LogP contribution in [-0.4, -0.2) is 96.7 Å². The fourth-order valence-electron chi connectivity index (χ4n) is 9.96. The topological polar surface area (TPSA) is 237 Å². The van der Waals surface area contributed by atoms with Crippen molar-refractivity contribution >= 4 is 39.5 Å². The number of aliphatic hydroxyl groups is 1. The van der Waals surface area contributed by atoms with E-state index in [0.717, 1.165) is 108 Å². The summed E-state index contributed by atoms with van der Waals surface area (Å²) in [5.74, 6) is 0.761. The maximum Gasteiger partial charge on any atom is 0.472 e. The quantitative estimate of drug-likeness (QED) is 0.0222. The third-order valence-corrected chi connectivity index (χ3v) is 17.2. The van der Waals surface area contributed by atoms with Gasteiger partial charge in [0.15, 0.2) is 12.2 Å². The van der Waals surface area contributed by atoms with Gasteiger partial charge in [0.25, 0.3) is 0 Å². The molecule has 5 atom stereocenters. The first-order valence-electron chi connectivity index (χ1n) is 34.7. The third-order valence-electron chi connectivity index (χ3n) is 15.3. The van der Waals surface area contributed by atoms with Gasteiger partial charge in [-0.15, -0.1) is 0 Å². The maximum atomic E-state index is 13.0. The Balaban J connectivity index is 5.23. The van der Waals surface area contributed by atoms with Crippen LogP contribution < -0.4 is 0 Å². The number of phosphoric acid groups is 2. The fraction of sp³-hybridized carbons (Fsp3) is 0.940. The zero-order chi connectivity index (χ0) is 63.9. The summed E-state index contributed by atoms with van der Waals surface area (Å²) >= 11 is 0. The molecular weight excluding hydrogens is 1140 g/mol. The van der Waals surface area contributed by atoms with Crippen LogP contribution in [-0.2, 0) is 65.4 Å². The SMILES string of the molecule is CC(C)CCCCCCCCCCCCCC(=O)OC[C@H](COP(=O)(O)OC[C@@H](O)COP(=O)(O)OC[C@@H](COC(=O)CCCCCCCCC(C)C)OC(=O)CCCCCCCCCCCCC(C)C)OC(=O)CCCCCCCCCC(C)C. The van der Waals surface area contributed by atoms with Gasteiger partial charge >= 0.3 is 39.5 Å². The molecule has 2 unspecified atom stereocenters. The van der Waals surface area contributed by atoms with Crippen LogP contribution in [0.4, 0.5) is 0 Å². The molecule has 510 valence electrons. The average Bonchev–Trinajstić information content (AvgIpc) is 3.54. The van der Waals surface area contributed by atoms with Gasteiger partial charge in [0.1, 0.15) is 19.3 Å². The summed E-state index contributed by atoms with van der Waals surface area (Å²) in [6.07, 6.45) is 37.8. The highest BCUT2D eigenvalue weighted by molar-refractivity contribution is 7.47. The summed E-state index contributed by atoms with van der Waals surface area (Å²) in [5, 5.41) is 10.6. The van der Waals surface area contributed by atoms with E-state index in [9.17, 15) is 43.2 Å². The molecule has 0 aromatic rings. The van der Waals surface area contributed by atoms with E-state index < -0.39 is 97.5 Å². The first-order valence-corrected chi connectivity index (χ1v) is 37.7. The van der Waals surface area contributed by atoms with Crippen molar-refractivity contribution in [2.24, 2.45) is 23.7 Å². The van der Waals surface area contributed by atoms with Crippen LogP contribution in [0.2, 0.25) is 0 Å². The van der Waals surface area contributed by atoms with E-state index >= 15 is 0 Å². The van der Waals surface area contributed by atoms with Crippen LogP contribution in [0.15, 0.2) is 0 Å². The Morgan fingerprint density at radius 1 is 0.291 bits per heavy atom. The Bertz CT molecular complexity index is 1710. The molecule has 0 aromatic heterocycles. The van der Waals surface area contributed by atoms with Crippen molar-refractivity contribution in [2.75, 3.05) is 39.6 Å². The Morgan fingerprint density at radius 3 is 0.721 bits per heavy atom. The van der Waals surface area contributed by atoms with Crippen molar-refractivity contribution in [3.63, 3.8) is 0 Å². The molecule has 86 heavy (non-hydrogen) atoms. The smallest absolute Gasteiger partial charge is 0.462 e. The van der Waals surface area contributed by atoms with Crippen molar-refractivity contribution in [1.82, 2.24) is 0 Å². The molecule has 0 spiro atoms. The average molecular weight is 1270 g/mol. The zero-order valence-electron chi connectivity index (χ0n) is 55.9. The second kappa shape index (κ2) is 57.0. The molecule has 0 amide bonds. The van der Waals surface area contributed by atoms with E-state index in [0.29, 0.717) is 37.5 Å². The number of ether oxygens (including phenoxy) is 4. The molecule has 0 radical (unpaired) electrons. The molecule has 0 aliphatic carbocycles. The number of carbonyl (C=O) groups is 4. The lowest BCUT2D eigenvalue weighted by atomic mass is 10.0. The van der Waals surface area contributed by atoms with Gasteiger partial charge in [0.2, 0.25) is 0 Å². The normalized spacial score (nSPS) is 14.4. The second-order valence-corrected chi connectivity index (χ2v) is 29.0. The van der Waals surface area contributed by atoms with E-state index in [-0.39, 0.29) is 25.7 Å². The number of rotatable bonds is 64. The number of aliphatic hydroxyl groups excluding tert-OH is 1. The Morgan fingerprint density at radius 2 is 0.488 bits per heavy atom. The molecule has 0 rings (SSSR count). The zero-order valence-corrected chi connectivity index (χ0v) is 57.7. The molecule has 17 nitrogen and oxygen atoms in total. The van der Waals surface area contributed by atoms with Crippen LogP contribution >= 0.6 is 15.6 Å². The molecule has 0 aliphatic rings. The third kappa shape index (κ3) is 60.9. The minimum Gasteiger partial charge on any atom is -0.462 e. The molecule has 19 heteroatoms. The maximum absolute atomic E-state index is 13.0. The standard InChI is InChI=1S/C67H130O17P2/c1-57(2)43-35-27-19-14-10-9-11-16-22-31-39-47-64(69)77-53-62(84-67(72)50-42-34-24-18-21-29-37-45-59(5)6)55-81-85(73,74)79-51-61(68)52-80-86(75,76)82-56-63(54-78-65(70)48-40-32-26-25-30-38-46-60(7)8)83-66(71)49-41-33-23-17-13-12-15-20-28-36-44-58(3)4/h57-63,68H,9-56H2,1-8H3,(H,73,74)(H,75,76)/t61-,62-,63-/m1/s1. The highest BCUT2D eigenvalue weighted by Crippen LogP contribution is 2.45. The molecule has 3 N–H and O–H groups in total. The molecule has 0 fully saturated rings. The molecule has 0 aliphatic heterocycles. The van der Waals surface area contributed by atoms with Crippen molar-refractivity contribution in [3.05, 3.63) is 0 Å². The van der Waals surface area contributed by atoms with E-state index in [1.54, 1.807) is 0 Å². The van der Waals surface area contributed by atoms with Gasteiger partial charge in [0, 0.05) is 25.7 Å². The summed E-state index contributed by atoms with van der Waals surface area (Å²) in [6.45, 7) is 14.0. The van der Waals surface area contributed by atoms with Crippen molar-refractivity contribution in [2.45, 2.75) is 343 Å². The predicted molar refractivity (Wildman–Crippen MR) is 344 cm³/mol. The van der Waals surface area contributed by atoms with Crippen LogP contribution in [0.5, 0.6) is 0 Å². The van der Waals surface area contributed by atoms with Gasteiger partial charge in [-0.1, -0.05) is 274 Å². The Labute approximate surface area is 524 Å². The fourth-order valence-corrected chi connectivity index (χ4v) is 11.5. The van der Waals surface area contributed by atoms with Gasteiger partial charge in [0.05, 0.1) is 26.4 Å². The lowest BCUT2D eigenvalue weighted by molar-refractivity contribution is -0.161. The minimum atomic E-state index is -4.95. The highest BCUT2D eigenvalue weighted by atomic mass is 31.2. The van der Waals surface area contributed by atoms with Crippen molar-refractivity contribution in [3.8, 4) is 0 Å². The van der Waals surface area contributed by atoms with Gasteiger partial charge in [-0.05, 0) is 49.4 Å². The lowest BCUT2D eigenvalue weighted by Gasteiger charge is -2.21. The van der Waals surface area contributed by atoms with Gasteiger partial charge in [-0.3, -0.25) is 37.3 Å². The first-order chi connectivity index (χ1) is 41.1. The van der Waals surface area contributed by atoms with Crippen LogP contribution in [0, 0.1) is 23.7 Å². The number of hydrogen-bond donors (Lipinski definition) is 3. The van der Waals surface area contributed by atoms with Gasteiger partial charge in [-0.25, -0.2) is 9.13 Å². The number of carbonyl (C=O) groups excluding carboxylic acids is 4. The number of hydrogen-bond acceptors (Lipinski definition) is 15. The second-order valence-electron chi connectivity index (χ2n) is 26.1. The lowest BCUT2D eigenvalue weighted by Crippen LogP contribution is -2.30. The largest absolute Gasteiger partial charge is 0.472 e. The Kier molecular flexibility index (Phi) is 55.7. The summed E-state index contributed by atoms with van der Waals surface area (Å²) in [6, 6.07) is 0. The predicted octanol–water partition coefficient (Wildman–Crippen LogP) is 18.5. The van der Waals surface area contributed by atoms with E-state index in [1.165, 1.54) is 122 Å². The molecule has 0 bridgehead atoms. The van der Waals surface area contributed by atoms with Crippen molar-refractivity contribution in [1.29, 1.82) is 0 Å². The van der Waals surface area contributed by atoms with Crippen LogP contribution in [0.25, 0.3) is 0 Å². The number of phosphoric ester groups is 2. The summed E-state index contributed by atoms with van der Waals surface area (Å²) in [7, 11) is -9.89. The van der Waals surface area contributed by atoms with Crippen LogP contribution in [0.1, 0.15) is 325 Å². The molecule has 0 heterocycles. The van der Waals surface area contributed by atoms with E-state index in [2.05, 4.69) is 55.4 Å². The summed E-state index contributed by atoms with van der Waals surface area (Å²) in [4.78, 5) is 72.3. The summed E-state index contributed by atoms with van der Waals surface area (Å²) in [5.41, 5.74) is 0. The van der Waals surface area contributed by atoms with Crippen LogP contribution in [0.3, 0.4) is 0 Å². The number of unbranched alkanes of at least 4 members (excludes halogenated alkanes) is 30. The van der Waals surface area contributed by atoms with Gasteiger partial charge in [-0.2, -0.15) is 0 Å². The Hall–Kier alpha value is -1.94.